The van der Waals surface area contributed by atoms with Crippen molar-refractivity contribution in [3.05, 3.63) is 35.7 Å². The summed E-state index contributed by atoms with van der Waals surface area (Å²) in [5, 5.41) is 7.85. The number of fused-ring (bicyclic) bond motifs is 1. The molecule has 6 heteroatoms. The Bertz CT molecular complexity index is 769. The van der Waals surface area contributed by atoms with Gasteiger partial charge in [-0.05, 0) is 37.3 Å². The molecule has 2 aromatic rings. The van der Waals surface area contributed by atoms with Gasteiger partial charge < -0.3 is 4.90 Å². The molecule has 26 heavy (non-hydrogen) atoms. The highest BCUT2D eigenvalue weighted by atomic mass is 32.2. The van der Waals surface area contributed by atoms with Crippen LogP contribution in [0.5, 0.6) is 0 Å². The highest BCUT2D eigenvalue weighted by Crippen LogP contribution is 2.31. The number of nitrogens with zero attached hydrogens (tertiary/aromatic N) is 3. The quantitative estimate of drug-likeness (QED) is 0.781. The van der Waals surface area contributed by atoms with E-state index in [1.807, 2.05) is 30.0 Å². The fourth-order valence-electron chi connectivity index (χ4n) is 4.08. The van der Waals surface area contributed by atoms with Gasteiger partial charge >= 0.3 is 0 Å². The van der Waals surface area contributed by atoms with Gasteiger partial charge in [-0.15, -0.1) is 5.10 Å². The van der Waals surface area contributed by atoms with Crippen LogP contribution in [0.2, 0.25) is 0 Å². The maximum Gasteiger partial charge on any atom is 0.240 e. The number of aryl methyl sites for hydroxylation is 1. The van der Waals surface area contributed by atoms with Crippen molar-refractivity contribution in [1.29, 1.82) is 0 Å². The van der Waals surface area contributed by atoms with Gasteiger partial charge in [0.15, 0.2) is 0 Å². The van der Waals surface area contributed by atoms with Crippen LogP contribution in [0.3, 0.4) is 0 Å². The molecular formula is C20H26N4OS. The van der Waals surface area contributed by atoms with Crippen LogP contribution in [0.4, 0.5) is 5.69 Å². The van der Waals surface area contributed by atoms with Crippen molar-refractivity contribution in [2.45, 2.75) is 62.3 Å². The maximum absolute atomic E-state index is 12.9. The average Bonchev–Trinajstić information content (AvgIpc) is 3.40. The fourth-order valence-corrected chi connectivity index (χ4v) is 4.88. The van der Waals surface area contributed by atoms with E-state index in [-0.39, 0.29) is 11.2 Å². The lowest BCUT2D eigenvalue weighted by molar-refractivity contribution is -0.117. The van der Waals surface area contributed by atoms with Crippen molar-refractivity contribution >= 4 is 23.4 Å². The Morgan fingerprint density at radius 2 is 2.15 bits per heavy atom. The molecule has 0 saturated heterocycles. The van der Waals surface area contributed by atoms with Crippen molar-refractivity contribution < 1.29 is 4.79 Å². The number of benzene rings is 1. The van der Waals surface area contributed by atoms with Crippen molar-refractivity contribution in [1.82, 2.24) is 15.2 Å². The first-order chi connectivity index (χ1) is 12.7. The molecule has 2 aliphatic rings. The number of hydrogen-bond donors (Lipinski definition) is 1. The Morgan fingerprint density at radius 1 is 1.35 bits per heavy atom. The Kier molecular flexibility index (Phi) is 5.29. The first-order valence-electron chi connectivity index (χ1n) is 9.68. The lowest BCUT2D eigenvalue weighted by atomic mass is 10.0. The lowest BCUT2D eigenvalue weighted by Crippen LogP contribution is -2.35. The Labute approximate surface area is 159 Å². The molecule has 1 saturated carbocycles. The normalized spacial score (nSPS) is 18.3. The smallest absolute Gasteiger partial charge is 0.240 e. The number of carbonyl (C=O) groups excluding carboxylic acids is 1. The van der Waals surface area contributed by atoms with Crippen molar-refractivity contribution in [2.24, 2.45) is 5.92 Å². The van der Waals surface area contributed by atoms with Gasteiger partial charge in [0.25, 0.3) is 0 Å². The number of aromatic amines is 1. The van der Waals surface area contributed by atoms with E-state index in [2.05, 4.69) is 21.2 Å². The zero-order chi connectivity index (χ0) is 17.9. The van der Waals surface area contributed by atoms with Gasteiger partial charge in [0.2, 0.25) is 11.1 Å². The minimum absolute atomic E-state index is 0.136. The van der Waals surface area contributed by atoms with Gasteiger partial charge in [-0.1, -0.05) is 55.6 Å². The summed E-state index contributed by atoms with van der Waals surface area (Å²) >= 11 is 1.45. The summed E-state index contributed by atoms with van der Waals surface area (Å²) in [4.78, 5) is 19.4. The van der Waals surface area contributed by atoms with Gasteiger partial charge in [0.1, 0.15) is 5.82 Å². The van der Waals surface area contributed by atoms with E-state index in [0.29, 0.717) is 5.16 Å². The number of aromatic nitrogens is 3. The molecule has 1 aliphatic carbocycles. The number of nitrogens with one attached hydrogen (secondary N) is 1. The third-order valence-corrected chi connectivity index (χ3v) is 6.51. The largest absolute Gasteiger partial charge is 0.311 e. The topological polar surface area (TPSA) is 61.9 Å². The van der Waals surface area contributed by atoms with Crippen LogP contribution in [-0.4, -0.2) is 32.9 Å². The van der Waals surface area contributed by atoms with Crippen LogP contribution in [0, 0.1) is 5.92 Å². The van der Waals surface area contributed by atoms with E-state index in [0.717, 1.165) is 36.8 Å². The molecule has 1 aromatic carbocycles. The molecule has 1 fully saturated rings. The third kappa shape index (κ3) is 3.80. The summed E-state index contributed by atoms with van der Waals surface area (Å²) in [7, 11) is 0. The lowest BCUT2D eigenvalue weighted by Gasteiger charge is -2.20. The van der Waals surface area contributed by atoms with Gasteiger partial charge in [-0.3, -0.25) is 9.89 Å². The zero-order valence-electron chi connectivity index (χ0n) is 15.3. The SMILES string of the molecule is CC(Sc1n[nH]c(CCC2CCCC2)n1)C(=O)N1CCc2ccccc21. The molecule has 0 spiro atoms. The molecule has 1 amide bonds. The second-order valence-electron chi connectivity index (χ2n) is 7.38. The number of para-hydroxylation sites is 1. The number of rotatable bonds is 6. The molecule has 1 unspecified atom stereocenters. The van der Waals surface area contributed by atoms with Crippen LogP contribution in [-0.2, 0) is 17.6 Å². The van der Waals surface area contributed by atoms with Crippen LogP contribution < -0.4 is 4.90 Å². The molecule has 4 rings (SSSR count). The summed E-state index contributed by atoms with van der Waals surface area (Å²) in [5.74, 6) is 1.94. The average molecular weight is 371 g/mol. The van der Waals surface area contributed by atoms with Crippen LogP contribution in [0.15, 0.2) is 29.4 Å². The van der Waals surface area contributed by atoms with Crippen molar-refractivity contribution in [3.8, 4) is 0 Å². The van der Waals surface area contributed by atoms with Crippen LogP contribution >= 0.6 is 11.8 Å². The van der Waals surface area contributed by atoms with Gasteiger partial charge in [0.05, 0.1) is 5.25 Å². The molecule has 1 atom stereocenters. The maximum atomic E-state index is 12.9. The zero-order valence-corrected chi connectivity index (χ0v) is 16.1. The summed E-state index contributed by atoms with van der Waals surface area (Å²) in [6.45, 7) is 2.71. The Morgan fingerprint density at radius 3 is 3.00 bits per heavy atom. The summed E-state index contributed by atoms with van der Waals surface area (Å²) in [5.41, 5.74) is 2.31. The first-order valence-corrected chi connectivity index (χ1v) is 10.6. The van der Waals surface area contributed by atoms with E-state index in [9.17, 15) is 4.79 Å². The van der Waals surface area contributed by atoms with Crippen LogP contribution in [0.1, 0.15) is 50.4 Å². The number of amides is 1. The molecular weight excluding hydrogens is 344 g/mol. The van der Waals surface area contributed by atoms with E-state index in [1.54, 1.807) is 0 Å². The predicted molar refractivity (Wildman–Crippen MR) is 104 cm³/mol. The number of anilines is 1. The van der Waals surface area contributed by atoms with E-state index < -0.39 is 0 Å². The molecule has 1 aliphatic heterocycles. The number of carbonyl (C=O) groups is 1. The molecule has 1 aromatic heterocycles. The molecule has 5 nitrogen and oxygen atoms in total. The third-order valence-electron chi connectivity index (χ3n) is 5.56. The molecule has 138 valence electrons. The van der Waals surface area contributed by atoms with Crippen molar-refractivity contribution in [3.63, 3.8) is 0 Å². The number of hydrogen-bond acceptors (Lipinski definition) is 4. The molecule has 2 heterocycles. The second kappa shape index (κ2) is 7.82. The first kappa shape index (κ1) is 17.6. The predicted octanol–water partition coefficient (Wildman–Crippen LogP) is 4.00. The molecule has 0 bridgehead atoms. The molecule has 1 N–H and O–H groups in total. The Balaban J connectivity index is 1.33. The molecule has 0 radical (unpaired) electrons. The monoisotopic (exact) mass is 370 g/mol. The van der Waals surface area contributed by atoms with Gasteiger partial charge in [-0.25, -0.2) is 4.98 Å². The van der Waals surface area contributed by atoms with Gasteiger partial charge in [-0.2, -0.15) is 0 Å². The standard InChI is InChI=1S/C20H26N4OS/c1-14(19(25)24-13-12-16-8-4-5-9-17(16)24)26-20-21-18(22-23-20)11-10-15-6-2-3-7-15/h4-5,8-9,14-15H,2-3,6-7,10-13H2,1H3,(H,21,22,23). The highest BCUT2D eigenvalue weighted by Gasteiger charge is 2.29. The highest BCUT2D eigenvalue weighted by molar-refractivity contribution is 8.00. The van der Waals surface area contributed by atoms with Crippen molar-refractivity contribution in [2.75, 3.05) is 11.4 Å². The number of thioether (sulfide) groups is 1. The van der Waals surface area contributed by atoms with E-state index in [1.165, 1.54) is 49.4 Å². The summed E-state index contributed by atoms with van der Waals surface area (Å²) in [6, 6.07) is 8.16. The van der Waals surface area contributed by atoms with Gasteiger partial charge in [0, 0.05) is 18.7 Å². The fraction of sp³-hybridized carbons (Fsp3) is 0.550. The minimum atomic E-state index is -0.195. The summed E-state index contributed by atoms with van der Waals surface area (Å²) < 4.78 is 0. The second-order valence-corrected chi connectivity index (χ2v) is 8.69. The van der Waals surface area contributed by atoms with E-state index in [4.69, 9.17) is 0 Å². The minimum Gasteiger partial charge on any atom is -0.311 e. The number of H-pyrrole nitrogens is 1. The van der Waals surface area contributed by atoms with E-state index >= 15 is 0 Å². The Hall–Kier alpha value is -1.82. The van der Waals surface area contributed by atoms with Crippen LogP contribution in [0.25, 0.3) is 0 Å². The summed E-state index contributed by atoms with van der Waals surface area (Å²) in [6.07, 6.45) is 8.56.